The first-order valence-electron chi connectivity index (χ1n) is 8.07. The van der Waals surface area contributed by atoms with Gasteiger partial charge in [0.2, 0.25) is 0 Å². The van der Waals surface area contributed by atoms with Gasteiger partial charge in [-0.15, -0.1) is 6.58 Å². The Labute approximate surface area is 147 Å². The first-order valence-corrected chi connectivity index (χ1v) is 8.07. The molecule has 0 radical (unpaired) electrons. The maximum Gasteiger partial charge on any atom is 0.255 e. The van der Waals surface area contributed by atoms with Crippen molar-refractivity contribution in [3.63, 3.8) is 0 Å². The van der Waals surface area contributed by atoms with E-state index in [1.54, 1.807) is 54.6 Å². The zero-order valence-corrected chi connectivity index (χ0v) is 14.4. The molecule has 5 nitrogen and oxygen atoms in total. The SMILES string of the molecule is C=CCNC(=O)c1ccccc1NC(=O)c1ccc(OC(C)C)cc1. The third kappa shape index (κ3) is 5.21. The topological polar surface area (TPSA) is 67.4 Å². The molecule has 130 valence electrons. The number of hydrogen-bond donors (Lipinski definition) is 2. The van der Waals surface area contributed by atoms with E-state index < -0.39 is 0 Å². The molecule has 0 aliphatic rings. The highest BCUT2D eigenvalue weighted by Crippen LogP contribution is 2.18. The lowest BCUT2D eigenvalue weighted by atomic mass is 10.1. The van der Waals surface area contributed by atoms with E-state index in [-0.39, 0.29) is 17.9 Å². The highest BCUT2D eigenvalue weighted by atomic mass is 16.5. The van der Waals surface area contributed by atoms with Crippen LogP contribution >= 0.6 is 0 Å². The van der Waals surface area contributed by atoms with Gasteiger partial charge in [0.25, 0.3) is 11.8 Å². The van der Waals surface area contributed by atoms with E-state index in [0.717, 1.165) is 0 Å². The Kier molecular flexibility index (Phi) is 6.34. The van der Waals surface area contributed by atoms with E-state index in [0.29, 0.717) is 29.1 Å². The molecule has 0 saturated carbocycles. The highest BCUT2D eigenvalue weighted by molar-refractivity contribution is 6.09. The Morgan fingerprint density at radius 2 is 1.76 bits per heavy atom. The molecular weight excluding hydrogens is 316 g/mol. The molecule has 0 heterocycles. The molecule has 0 bridgehead atoms. The van der Waals surface area contributed by atoms with Crippen LogP contribution in [0.15, 0.2) is 61.2 Å². The molecule has 5 heteroatoms. The highest BCUT2D eigenvalue weighted by Gasteiger charge is 2.13. The van der Waals surface area contributed by atoms with Crippen LogP contribution in [0.4, 0.5) is 5.69 Å². The predicted molar refractivity (Wildman–Crippen MR) is 99.1 cm³/mol. The summed E-state index contributed by atoms with van der Waals surface area (Å²) >= 11 is 0. The lowest BCUT2D eigenvalue weighted by Gasteiger charge is -2.12. The van der Waals surface area contributed by atoms with Crippen LogP contribution in [0.3, 0.4) is 0 Å². The van der Waals surface area contributed by atoms with Crippen molar-refractivity contribution in [3.8, 4) is 5.75 Å². The molecule has 0 fully saturated rings. The number of anilines is 1. The van der Waals surface area contributed by atoms with Gasteiger partial charge in [0.15, 0.2) is 0 Å². The van der Waals surface area contributed by atoms with Crippen LogP contribution in [0, 0.1) is 0 Å². The van der Waals surface area contributed by atoms with Gasteiger partial charge in [0, 0.05) is 12.1 Å². The molecule has 0 aromatic heterocycles. The number of ether oxygens (including phenoxy) is 1. The summed E-state index contributed by atoms with van der Waals surface area (Å²) in [6, 6.07) is 13.7. The number of carbonyl (C=O) groups excluding carboxylic acids is 2. The van der Waals surface area contributed by atoms with E-state index in [1.807, 2.05) is 13.8 Å². The molecule has 0 saturated heterocycles. The van der Waals surface area contributed by atoms with Crippen molar-refractivity contribution in [1.29, 1.82) is 0 Å². The average molecular weight is 338 g/mol. The van der Waals surface area contributed by atoms with E-state index in [2.05, 4.69) is 17.2 Å². The monoisotopic (exact) mass is 338 g/mol. The third-order valence-electron chi connectivity index (χ3n) is 3.32. The van der Waals surface area contributed by atoms with Gasteiger partial charge in [-0.1, -0.05) is 18.2 Å². The van der Waals surface area contributed by atoms with Crippen molar-refractivity contribution < 1.29 is 14.3 Å². The normalized spacial score (nSPS) is 10.2. The van der Waals surface area contributed by atoms with Crippen LogP contribution in [0.25, 0.3) is 0 Å². The molecule has 2 aromatic carbocycles. The number of amides is 2. The lowest BCUT2D eigenvalue weighted by molar-refractivity contribution is 0.0959. The molecule has 2 amide bonds. The zero-order valence-electron chi connectivity index (χ0n) is 14.4. The number of carbonyl (C=O) groups is 2. The standard InChI is InChI=1S/C20H22N2O3/c1-4-13-21-20(24)17-7-5-6-8-18(17)22-19(23)15-9-11-16(12-10-15)25-14(2)3/h4-12,14H,1,13H2,2-3H3,(H,21,24)(H,22,23). The quantitative estimate of drug-likeness (QED) is 0.757. The van der Waals surface area contributed by atoms with E-state index in [9.17, 15) is 9.59 Å². The maximum atomic E-state index is 12.4. The molecule has 0 aliphatic carbocycles. The van der Waals surface area contributed by atoms with Crippen LogP contribution in [-0.4, -0.2) is 24.5 Å². The Morgan fingerprint density at radius 1 is 1.08 bits per heavy atom. The summed E-state index contributed by atoms with van der Waals surface area (Å²) in [5.74, 6) is 0.146. The van der Waals surface area contributed by atoms with Gasteiger partial charge >= 0.3 is 0 Å². The minimum Gasteiger partial charge on any atom is -0.491 e. The Hall–Kier alpha value is -3.08. The van der Waals surface area contributed by atoms with Gasteiger partial charge in [-0.2, -0.15) is 0 Å². The summed E-state index contributed by atoms with van der Waals surface area (Å²) in [5, 5.41) is 5.48. The second kappa shape index (κ2) is 8.68. The van der Waals surface area contributed by atoms with Crippen molar-refractivity contribution in [3.05, 3.63) is 72.3 Å². The largest absolute Gasteiger partial charge is 0.491 e. The van der Waals surface area contributed by atoms with Gasteiger partial charge in [-0.25, -0.2) is 0 Å². The van der Waals surface area contributed by atoms with Crippen molar-refractivity contribution in [2.75, 3.05) is 11.9 Å². The number of nitrogens with one attached hydrogen (secondary N) is 2. The second-order valence-corrected chi connectivity index (χ2v) is 5.69. The Morgan fingerprint density at radius 3 is 2.40 bits per heavy atom. The van der Waals surface area contributed by atoms with E-state index >= 15 is 0 Å². The smallest absolute Gasteiger partial charge is 0.255 e. The number of rotatable bonds is 7. The van der Waals surface area contributed by atoms with Crippen LogP contribution < -0.4 is 15.4 Å². The summed E-state index contributed by atoms with van der Waals surface area (Å²) in [7, 11) is 0. The fourth-order valence-electron chi connectivity index (χ4n) is 2.20. The fourth-order valence-corrected chi connectivity index (χ4v) is 2.20. The molecule has 0 spiro atoms. The van der Waals surface area contributed by atoms with Crippen molar-refractivity contribution in [2.45, 2.75) is 20.0 Å². The molecule has 0 unspecified atom stereocenters. The summed E-state index contributed by atoms with van der Waals surface area (Å²) in [4.78, 5) is 24.6. The predicted octanol–water partition coefficient (Wildman–Crippen LogP) is 3.64. The van der Waals surface area contributed by atoms with Crippen molar-refractivity contribution in [2.24, 2.45) is 0 Å². The van der Waals surface area contributed by atoms with Gasteiger partial charge in [0.1, 0.15) is 5.75 Å². The maximum absolute atomic E-state index is 12.4. The molecule has 2 rings (SSSR count). The molecule has 25 heavy (non-hydrogen) atoms. The Bertz CT molecular complexity index is 752. The lowest BCUT2D eigenvalue weighted by Crippen LogP contribution is -2.25. The number of hydrogen-bond acceptors (Lipinski definition) is 3. The van der Waals surface area contributed by atoms with Crippen LogP contribution in [0.5, 0.6) is 5.75 Å². The zero-order chi connectivity index (χ0) is 18.2. The van der Waals surface area contributed by atoms with Gasteiger partial charge in [0.05, 0.1) is 17.4 Å². The van der Waals surface area contributed by atoms with Gasteiger partial charge in [-0.3, -0.25) is 9.59 Å². The van der Waals surface area contributed by atoms with E-state index in [4.69, 9.17) is 4.74 Å². The minimum atomic E-state index is -0.292. The van der Waals surface area contributed by atoms with E-state index in [1.165, 1.54) is 0 Å². The van der Waals surface area contributed by atoms with Crippen LogP contribution in [-0.2, 0) is 0 Å². The van der Waals surface area contributed by atoms with Crippen LogP contribution in [0.1, 0.15) is 34.6 Å². The molecule has 0 atom stereocenters. The Balaban J connectivity index is 2.12. The first-order chi connectivity index (χ1) is 12.0. The first kappa shape index (κ1) is 18.3. The molecular formula is C20H22N2O3. The van der Waals surface area contributed by atoms with Crippen molar-refractivity contribution >= 4 is 17.5 Å². The number of benzene rings is 2. The molecule has 0 aliphatic heterocycles. The fraction of sp³-hybridized carbons (Fsp3) is 0.200. The summed E-state index contributed by atoms with van der Waals surface area (Å²) in [6.45, 7) is 7.81. The number of para-hydroxylation sites is 1. The van der Waals surface area contributed by atoms with Crippen LogP contribution in [0.2, 0.25) is 0 Å². The summed E-state index contributed by atoms with van der Waals surface area (Å²) in [6.07, 6.45) is 1.67. The van der Waals surface area contributed by atoms with Gasteiger partial charge < -0.3 is 15.4 Å². The summed E-state index contributed by atoms with van der Waals surface area (Å²) < 4.78 is 5.56. The van der Waals surface area contributed by atoms with Crippen molar-refractivity contribution in [1.82, 2.24) is 5.32 Å². The third-order valence-corrected chi connectivity index (χ3v) is 3.32. The molecule has 2 aromatic rings. The van der Waals surface area contributed by atoms with Gasteiger partial charge in [-0.05, 0) is 50.2 Å². The minimum absolute atomic E-state index is 0.0700. The summed E-state index contributed by atoms with van der Waals surface area (Å²) in [5.41, 5.74) is 1.34. The average Bonchev–Trinajstić information content (AvgIpc) is 2.60. The second-order valence-electron chi connectivity index (χ2n) is 5.69. The molecule has 2 N–H and O–H groups in total.